The smallest absolute Gasteiger partial charge is 0.238 e. The predicted octanol–water partition coefficient (Wildman–Crippen LogP) is 3.19. The van der Waals surface area contributed by atoms with Crippen LogP contribution in [0.3, 0.4) is 0 Å². The monoisotopic (exact) mass is 235 g/mol. The molecule has 84 valence electrons. The predicted molar refractivity (Wildman–Crippen MR) is 51.7 cm³/mol. The maximum atomic E-state index is 12.7. The number of rotatable bonds is 1. The Morgan fingerprint density at radius 2 is 1.94 bits per heavy atom. The molecule has 0 amide bonds. The highest BCUT2D eigenvalue weighted by Crippen LogP contribution is 2.37. The number of halogens is 3. The number of hydrogen-bond acceptors (Lipinski definition) is 2. The molecule has 3 nitrogen and oxygen atoms in total. The van der Waals surface area contributed by atoms with Crippen LogP contribution in [0.4, 0.5) is 18.9 Å². The lowest BCUT2D eigenvalue weighted by atomic mass is 9.98. The first-order valence-electron chi connectivity index (χ1n) is 4.32. The molecular weight excluding hydrogens is 231 g/mol. The molecule has 1 aromatic rings. The van der Waals surface area contributed by atoms with E-state index in [2.05, 4.69) is 4.85 Å². The van der Waals surface area contributed by atoms with Crippen LogP contribution in [0.15, 0.2) is 12.1 Å². The van der Waals surface area contributed by atoms with Crippen molar-refractivity contribution < 1.29 is 13.2 Å². The minimum Gasteiger partial charge on any atom is -0.238 e. The third kappa shape index (κ3) is 2.53. The maximum Gasteiger partial charge on any atom is 0.417 e. The van der Waals surface area contributed by atoms with Gasteiger partial charge in [-0.1, -0.05) is 6.07 Å². The summed E-state index contributed by atoms with van der Waals surface area (Å²) < 4.78 is 38.2. The van der Waals surface area contributed by atoms with Crippen LogP contribution in [0.25, 0.3) is 4.85 Å². The van der Waals surface area contributed by atoms with Crippen LogP contribution in [-0.4, -0.2) is 0 Å². The summed E-state index contributed by atoms with van der Waals surface area (Å²) in [5, 5.41) is 17.1. The topological polar surface area (TPSA) is 51.9 Å². The van der Waals surface area contributed by atoms with Crippen molar-refractivity contribution in [3.05, 3.63) is 40.2 Å². The minimum absolute atomic E-state index is 0.0835. The Hall–Kier alpha value is -2.52. The molecule has 6 heteroatoms. The molecular formula is C11H4F3N3. The van der Waals surface area contributed by atoms with Crippen LogP contribution in [0.2, 0.25) is 0 Å². The van der Waals surface area contributed by atoms with E-state index in [9.17, 15) is 13.2 Å². The molecule has 0 radical (unpaired) electrons. The molecule has 0 heterocycles. The van der Waals surface area contributed by atoms with Gasteiger partial charge in [0.1, 0.15) is 0 Å². The van der Waals surface area contributed by atoms with Crippen LogP contribution in [0, 0.1) is 29.2 Å². The standard InChI is InChI=1S/C11H4F3N3/c1-17-9-4-7(2-3-15)10(11(12,13)14)8(5-9)6-16/h4-5H,2H2. The van der Waals surface area contributed by atoms with E-state index in [-0.39, 0.29) is 11.3 Å². The molecule has 0 saturated carbocycles. The Kier molecular flexibility index (Phi) is 3.36. The summed E-state index contributed by atoms with van der Waals surface area (Å²) >= 11 is 0. The van der Waals surface area contributed by atoms with Crippen molar-refractivity contribution in [2.24, 2.45) is 0 Å². The van der Waals surface area contributed by atoms with Gasteiger partial charge >= 0.3 is 6.18 Å². The SMILES string of the molecule is [C-]#[N+]c1cc(C#N)c(C(F)(F)F)c(CC#N)c1. The quantitative estimate of drug-likeness (QED) is 0.702. The van der Waals surface area contributed by atoms with E-state index in [4.69, 9.17) is 17.1 Å². The van der Waals surface area contributed by atoms with Gasteiger partial charge < -0.3 is 0 Å². The zero-order chi connectivity index (χ0) is 13.1. The first-order valence-corrected chi connectivity index (χ1v) is 4.32. The number of nitriles is 2. The number of nitrogens with zero attached hydrogens (tertiary/aromatic N) is 3. The van der Waals surface area contributed by atoms with Crippen molar-refractivity contribution in [2.45, 2.75) is 12.6 Å². The van der Waals surface area contributed by atoms with E-state index in [1.54, 1.807) is 6.07 Å². The molecule has 0 spiro atoms. The second kappa shape index (κ2) is 4.55. The largest absolute Gasteiger partial charge is 0.417 e. The average molecular weight is 235 g/mol. The average Bonchev–Trinajstić information content (AvgIpc) is 2.26. The molecule has 1 aromatic carbocycles. The van der Waals surface area contributed by atoms with Gasteiger partial charge in [-0.3, -0.25) is 0 Å². The van der Waals surface area contributed by atoms with Gasteiger partial charge in [0.2, 0.25) is 0 Å². The van der Waals surface area contributed by atoms with E-state index in [0.717, 1.165) is 12.1 Å². The summed E-state index contributed by atoms with van der Waals surface area (Å²) in [4.78, 5) is 2.97. The van der Waals surface area contributed by atoms with E-state index >= 15 is 0 Å². The van der Waals surface area contributed by atoms with Crippen LogP contribution in [0.5, 0.6) is 0 Å². The summed E-state index contributed by atoms with van der Waals surface area (Å²) in [6.07, 6.45) is -5.20. The molecule has 0 aromatic heterocycles. The second-order valence-corrected chi connectivity index (χ2v) is 3.08. The fourth-order valence-corrected chi connectivity index (χ4v) is 1.40. The van der Waals surface area contributed by atoms with Gasteiger partial charge in [0, 0.05) is 0 Å². The van der Waals surface area contributed by atoms with Gasteiger partial charge in [-0.2, -0.15) is 23.7 Å². The van der Waals surface area contributed by atoms with Crippen LogP contribution < -0.4 is 0 Å². The fraction of sp³-hybridized carbons (Fsp3) is 0.182. The van der Waals surface area contributed by atoms with Crippen LogP contribution >= 0.6 is 0 Å². The molecule has 1 rings (SSSR count). The molecule has 0 aliphatic carbocycles. The van der Waals surface area contributed by atoms with Gasteiger partial charge in [0.05, 0.1) is 36.3 Å². The fourth-order valence-electron chi connectivity index (χ4n) is 1.40. The second-order valence-electron chi connectivity index (χ2n) is 3.08. The van der Waals surface area contributed by atoms with E-state index < -0.39 is 23.7 Å². The zero-order valence-electron chi connectivity index (χ0n) is 8.34. The first-order chi connectivity index (χ1) is 7.93. The Morgan fingerprint density at radius 3 is 2.35 bits per heavy atom. The Morgan fingerprint density at radius 1 is 1.29 bits per heavy atom. The van der Waals surface area contributed by atoms with Crippen LogP contribution in [0.1, 0.15) is 16.7 Å². The number of benzene rings is 1. The van der Waals surface area contributed by atoms with Crippen molar-refractivity contribution in [3.8, 4) is 12.1 Å². The molecule has 0 fully saturated rings. The summed E-state index contributed by atoms with van der Waals surface area (Å²) in [6.45, 7) is 6.72. The first kappa shape index (κ1) is 12.5. The summed E-state index contributed by atoms with van der Waals surface area (Å²) in [5.74, 6) is 0. The third-order valence-corrected chi connectivity index (χ3v) is 2.01. The van der Waals surface area contributed by atoms with E-state index in [1.807, 2.05) is 0 Å². The molecule has 0 atom stereocenters. The Balaban J connectivity index is 3.62. The maximum absolute atomic E-state index is 12.7. The van der Waals surface area contributed by atoms with Crippen molar-refractivity contribution in [3.63, 3.8) is 0 Å². The minimum atomic E-state index is -4.71. The van der Waals surface area contributed by atoms with E-state index in [0.29, 0.717) is 0 Å². The highest BCUT2D eigenvalue weighted by molar-refractivity contribution is 5.58. The third-order valence-electron chi connectivity index (χ3n) is 2.01. The lowest BCUT2D eigenvalue weighted by molar-refractivity contribution is -0.138. The number of hydrogen-bond donors (Lipinski definition) is 0. The highest BCUT2D eigenvalue weighted by atomic mass is 19.4. The van der Waals surface area contributed by atoms with Crippen molar-refractivity contribution in [1.29, 1.82) is 10.5 Å². The lowest BCUT2D eigenvalue weighted by Crippen LogP contribution is -2.11. The molecule has 0 N–H and O–H groups in total. The summed E-state index contributed by atoms with van der Waals surface area (Å²) in [6, 6.07) is 4.85. The summed E-state index contributed by atoms with van der Waals surface area (Å²) in [7, 11) is 0. The molecule has 0 aliphatic heterocycles. The van der Waals surface area contributed by atoms with Crippen molar-refractivity contribution >= 4 is 5.69 Å². The highest BCUT2D eigenvalue weighted by Gasteiger charge is 2.36. The van der Waals surface area contributed by atoms with Gasteiger partial charge in [-0.25, -0.2) is 4.85 Å². The number of alkyl halides is 3. The zero-order valence-corrected chi connectivity index (χ0v) is 8.34. The summed E-state index contributed by atoms with van der Waals surface area (Å²) in [5.41, 5.74) is -2.19. The van der Waals surface area contributed by atoms with Crippen molar-refractivity contribution in [1.82, 2.24) is 0 Å². The lowest BCUT2D eigenvalue weighted by Gasteiger charge is -2.13. The van der Waals surface area contributed by atoms with Gasteiger partial charge in [-0.05, 0) is 11.6 Å². The molecule has 0 bridgehead atoms. The van der Waals surface area contributed by atoms with Gasteiger partial charge in [-0.15, -0.1) is 0 Å². The van der Waals surface area contributed by atoms with Crippen LogP contribution in [-0.2, 0) is 12.6 Å². The van der Waals surface area contributed by atoms with Crippen molar-refractivity contribution in [2.75, 3.05) is 0 Å². The van der Waals surface area contributed by atoms with Gasteiger partial charge in [0.25, 0.3) is 0 Å². The van der Waals surface area contributed by atoms with E-state index in [1.165, 1.54) is 6.07 Å². The van der Waals surface area contributed by atoms with Gasteiger partial charge in [0.15, 0.2) is 5.69 Å². The molecule has 0 unspecified atom stereocenters. The Bertz CT molecular complexity index is 568. The molecule has 17 heavy (non-hydrogen) atoms. The normalized spacial score (nSPS) is 10.1. The molecule has 0 aliphatic rings. The molecule has 0 saturated heterocycles. The Labute approximate surface area is 95.1 Å².